The number of imidazole rings is 1. The van der Waals surface area contributed by atoms with E-state index >= 15 is 0 Å². The van der Waals surface area contributed by atoms with Gasteiger partial charge in [-0.15, -0.1) is 11.3 Å². The van der Waals surface area contributed by atoms with Crippen molar-refractivity contribution in [3.63, 3.8) is 0 Å². The van der Waals surface area contributed by atoms with E-state index in [-0.39, 0.29) is 17.9 Å². The molecule has 1 amide bonds. The van der Waals surface area contributed by atoms with Gasteiger partial charge in [-0.05, 0) is 44.9 Å². The van der Waals surface area contributed by atoms with Gasteiger partial charge in [0.15, 0.2) is 5.13 Å². The number of nitrogens with zero attached hydrogens (tertiary/aromatic N) is 5. The normalized spacial score (nSPS) is 20.4. The number of nitrogens with two attached hydrogens (primary N) is 1. The maximum Gasteiger partial charge on any atom is 0.257 e. The quantitative estimate of drug-likeness (QED) is 0.388. The molecule has 1 aliphatic heterocycles. The number of carbonyl (C=O) groups is 1. The summed E-state index contributed by atoms with van der Waals surface area (Å²) in [5.74, 6) is 1.44. The maximum absolute atomic E-state index is 12.9. The number of nitrogen functional groups attached to an aromatic ring is 1. The van der Waals surface area contributed by atoms with Crippen LogP contribution < -0.4 is 11.1 Å². The van der Waals surface area contributed by atoms with Gasteiger partial charge in [-0.25, -0.2) is 15.0 Å². The molecule has 10 heteroatoms. The Balaban J connectivity index is 1.26. The number of thiazole rings is 1. The zero-order chi connectivity index (χ0) is 24.8. The molecular formula is C26H29N7O2S. The fraction of sp³-hybridized carbons (Fsp3) is 0.385. The molecule has 0 bridgehead atoms. The van der Waals surface area contributed by atoms with Crippen LogP contribution in [0.2, 0.25) is 0 Å². The van der Waals surface area contributed by atoms with Crippen molar-refractivity contribution in [2.75, 3.05) is 24.6 Å². The van der Waals surface area contributed by atoms with Crippen LogP contribution in [0.1, 0.15) is 58.4 Å². The topological polar surface area (TPSA) is 122 Å². The number of benzene rings is 1. The van der Waals surface area contributed by atoms with Gasteiger partial charge in [-0.3, -0.25) is 14.5 Å². The zero-order valence-electron chi connectivity index (χ0n) is 20.1. The van der Waals surface area contributed by atoms with Gasteiger partial charge < -0.3 is 15.7 Å². The first-order valence-corrected chi connectivity index (χ1v) is 13.2. The van der Waals surface area contributed by atoms with E-state index in [0.717, 1.165) is 73.5 Å². The largest absolute Gasteiger partial charge is 0.393 e. The number of fused-ring (bicyclic) bond motifs is 2. The number of amides is 1. The Bertz CT molecular complexity index is 1420. The van der Waals surface area contributed by atoms with Crippen LogP contribution in [0.25, 0.3) is 16.8 Å². The van der Waals surface area contributed by atoms with Gasteiger partial charge >= 0.3 is 0 Å². The Morgan fingerprint density at radius 1 is 1.17 bits per heavy atom. The predicted octanol–water partition coefficient (Wildman–Crippen LogP) is 3.69. The number of likely N-dealkylation sites (N-methyl/N-ethyl adjacent to an activating group) is 1. The van der Waals surface area contributed by atoms with Crippen LogP contribution in [0, 0.1) is 0 Å². The van der Waals surface area contributed by atoms with Crippen LogP contribution in [-0.4, -0.2) is 55.0 Å². The van der Waals surface area contributed by atoms with Crippen molar-refractivity contribution in [2.24, 2.45) is 0 Å². The molecule has 0 atom stereocenters. The third-order valence-corrected chi connectivity index (χ3v) is 8.23. The minimum atomic E-state index is -0.228. The third-order valence-electron chi connectivity index (χ3n) is 7.24. The molecule has 36 heavy (non-hydrogen) atoms. The molecule has 4 N–H and O–H groups in total. The lowest BCUT2D eigenvalue weighted by atomic mass is 9.87. The lowest BCUT2D eigenvalue weighted by molar-refractivity contribution is 0.102. The summed E-state index contributed by atoms with van der Waals surface area (Å²) < 4.78 is 2.03. The van der Waals surface area contributed by atoms with Gasteiger partial charge in [0, 0.05) is 53.8 Å². The molecule has 1 aromatic carbocycles. The van der Waals surface area contributed by atoms with E-state index in [1.807, 2.05) is 22.7 Å². The minimum absolute atomic E-state index is 0.182. The van der Waals surface area contributed by atoms with E-state index in [1.165, 1.54) is 4.88 Å². The summed E-state index contributed by atoms with van der Waals surface area (Å²) in [5, 5.41) is 13.5. The Morgan fingerprint density at radius 2 is 1.94 bits per heavy atom. The van der Waals surface area contributed by atoms with Crippen LogP contribution >= 0.6 is 11.3 Å². The van der Waals surface area contributed by atoms with E-state index in [4.69, 9.17) is 10.7 Å². The molecule has 6 rings (SSSR count). The number of nitrogens with one attached hydrogen (secondary N) is 1. The smallest absolute Gasteiger partial charge is 0.257 e. The van der Waals surface area contributed by atoms with Crippen LogP contribution in [0.5, 0.6) is 0 Å². The molecule has 1 saturated carbocycles. The second-order valence-corrected chi connectivity index (χ2v) is 10.8. The second-order valence-electron chi connectivity index (χ2n) is 9.76. The molecule has 9 nitrogen and oxygen atoms in total. The van der Waals surface area contributed by atoms with Crippen molar-refractivity contribution in [2.45, 2.75) is 50.7 Å². The third kappa shape index (κ3) is 4.25. The van der Waals surface area contributed by atoms with Gasteiger partial charge in [0.2, 0.25) is 0 Å². The Morgan fingerprint density at radius 3 is 2.72 bits per heavy atom. The first-order chi connectivity index (χ1) is 17.5. The maximum atomic E-state index is 12.9. The fourth-order valence-electron chi connectivity index (χ4n) is 5.24. The average Bonchev–Trinajstić information content (AvgIpc) is 3.46. The van der Waals surface area contributed by atoms with Crippen molar-refractivity contribution in [1.29, 1.82) is 0 Å². The minimum Gasteiger partial charge on any atom is -0.393 e. The summed E-state index contributed by atoms with van der Waals surface area (Å²) in [6.45, 7) is 1.86. The highest BCUT2D eigenvalue weighted by Gasteiger charge is 2.27. The Labute approximate surface area is 213 Å². The Kier molecular flexibility index (Phi) is 5.94. The number of aliphatic hydroxyl groups is 1. The lowest BCUT2D eigenvalue weighted by Crippen LogP contribution is -2.25. The Hall–Kier alpha value is -3.34. The number of anilines is 2. The van der Waals surface area contributed by atoms with Crippen LogP contribution in [-0.2, 0) is 13.0 Å². The lowest BCUT2D eigenvalue weighted by Gasteiger charge is -2.24. The van der Waals surface area contributed by atoms with Gasteiger partial charge in [0.05, 0.1) is 11.8 Å². The SMILES string of the molecule is CN1CCc2nc(NC(=O)c3ccc(-c4nc(C5CCC(O)CC5)n5ccnc(N)c45)cc3)sc2C1. The van der Waals surface area contributed by atoms with Gasteiger partial charge in [0.25, 0.3) is 5.91 Å². The molecule has 186 valence electrons. The predicted molar refractivity (Wildman–Crippen MR) is 140 cm³/mol. The fourth-order valence-corrected chi connectivity index (χ4v) is 6.32. The van der Waals surface area contributed by atoms with Crippen molar-refractivity contribution < 1.29 is 9.90 Å². The van der Waals surface area contributed by atoms with E-state index in [2.05, 4.69) is 27.2 Å². The summed E-state index contributed by atoms with van der Waals surface area (Å²) >= 11 is 1.55. The molecule has 0 saturated heterocycles. The standard InChI is InChI=1S/C26H29N7O2S/c1-32-12-10-19-20(14-32)36-26(29-19)31-25(35)17-4-2-15(3-5-17)21-22-23(27)28-11-13-33(22)24(30-21)16-6-8-18(34)9-7-16/h2-5,11,13,16,18,34H,6-10,12,14H2,1H3,(H2,27,28)(H,29,31,35). The average molecular weight is 504 g/mol. The summed E-state index contributed by atoms with van der Waals surface area (Å²) in [6, 6.07) is 7.42. The van der Waals surface area contributed by atoms with E-state index in [0.29, 0.717) is 16.5 Å². The van der Waals surface area contributed by atoms with Crippen molar-refractivity contribution >= 4 is 33.7 Å². The van der Waals surface area contributed by atoms with Crippen molar-refractivity contribution in [1.82, 2.24) is 24.3 Å². The zero-order valence-corrected chi connectivity index (χ0v) is 21.0. The van der Waals surface area contributed by atoms with Crippen LogP contribution in [0.4, 0.5) is 10.9 Å². The number of hydrogen-bond donors (Lipinski definition) is 3. The molecule has 1 fully saturated rings. The van der Waals surface area contributed by atoms with E-state index < -0.39 is 0 Å². The number of rotatable bonds is 4. The summed E-state index contributed by atoms with van der Waals surface area (Å²) in [5.41, 5.74) is 10.3. The number of aromatic nitrogens is 4. The molecule has 3 aromatic heterocycles. The molecule has 1 aliphatic carbocycles. The highest BCUT2D eigenvalue weighted by Crippen LogP contribution is 2.37. The molecule has 0 unspecified atom stereocenters. The number of carbonyl (C=O) groups excluding carboxylic acids is 1. The number of aliphatic hydroxyl groups excluding tert-OH is 1. The summed E-state index contributed by atoms with van der Waals surface area (Å²) in [4.78, 5) is 30.3. The summed E-state index contributed by atoms with van der Waals surface area (Å²) in [7, 11) is 2.10. The van der Waals surface area contributed by atoms with E-state index in [1.54, 1.807) is 29.7 Å². The molecule has 4 aromatic rings. The monoisotopic (exact) mass is 503 g/mol. The molecule has 0 spiro atoms. The molecular weight excluding hydrogens is 474 g/mol. The molecule has 4 heterocycles. The first-order valence-electron chi connectivity index (χ1n) is 12.4. The number of hydrogen-bond acceptors (Lipinski definition) is 8. The van der Waals surface area contributed by atoms with Crippen LogP contribution in [0.3, 0.4) is 0 Å². The first kappa shape index (κ1) is 23.1. The summed E-state index contributed by atoms with van der Waals surface area (Å²) in [6.07, 6.45) is 7.60. The van der Waals surface area contributed by atoms with Gasteiger partial charge in [-0.1, -0.05) is 12.1 Å². The van der Waals surface area contributed by atoms with Crippen LogP contribution in [0.15, 0.2) is 36.7 Å². The highest BCUT2D eigenvalue weighted by atomic mass is 32.1. The van der Waals surface area contributed by atoms with Crippen molar-refractivity contribution in [3.8, 4) is 11.3 Å². The molecule has 0 radical (unpaired) electrons. The molecule has 2 aliphatic rings. The second kappa shape index (κ2) is 9.27. The van der Waals surface area contributed by atoms with Gasteiger partial charge in [-0.2, -0.15) is 0 Å². The highest BCUT2D eigenvalue weighted by molar-refractivity contribution is 7.15. The van der Waals surface area contributed by atoms with Gasteiger partial charge in [0.1, 0.15) is 22.9 Å². The van der Waals surface area contributed by atoms with E-state index in [9.17, 15) is 9.90 Å². The van der Waals surface area contributed by atoms with Crippen molar-refractivity contribution in [3.05, 3.63) is 58.6 Å².